The molecule has 74 valence electrons. The Balaban J connectivity index is 2.10. The fourth-order valence-corrected chi connectivity index (χ4v) is 1.65. The topological polar surface area (TPSA) is 42.1 Å². The van der Waals surface area contributed by atoms with Gasteiger partial charge < -0.3 is 10.6 Å². The van der Waals surface area contributed by atoms with Crippen molar-refractivity contribution in [3.8, 4) is 0 Å². The molecular weight excluding hydrogens is 174 g/mol. The van der Waals surface area contributed by atoms with Crippen LogP contribution < -0.4 is 10.6 Å². The second-order valence-electron chi connectivity index (χ2n) is 3.94. The molecular formula is C11H15N3. The van der Waals surface area contributed by atoms with E-state index in [9.17, 15) is 0 Å². The molecule has 2 heterocycles. The first-order valence-corrected chi connectivity index (χ1v) is 4.82. The lowest BCUT2D eigenvalue weighted by atomic mass is 10.0. The van der Waals surface area contributed by atoms with Crippen molar-refractivity contribution in [1.29, 1.82) is 0 Å². The van der Waals surface area contributed by atoms with Gasteiger partial charge in [-0.2, -0.15) is 0 Å². The van der Waals surface area contributed by atoms with Crippen molar-refractivity contribution in [3.05, 3.63) is 30.5 Å². The normalized spacial score (nSPS) is 16.5. The van der Waals surface area contributed by atoms with Crippen molar-refractivity contribution in [2.24, 2.45) is 11.7 Å². The highest BCUT2D eigenvalue weighted by Crippen LogP contribution is 2.22. The summed E-state index contributed by atoms with van der Waals surface area (Å²) in [6, 6.07) is 3.97. The largest absolute Gasteiger partial charge is 0.399 e. The summed E-state index contributed by atoms with van der Waals surface area (Å²) in [5.74, 6) is 1.83. The van der Waals surface area contributed by atoms with Crippen LogP contribution in [0.15, 0.2) is 24.9 Å². The fraction of sp³-hybridized carbons (Fsp3) is 0.364. The van der Waals surface area contributed by atoms with Crippen molar-refractivity contribution in [1.82, 2.24) is 4.98 Å². The maximum atomic E-state index is 5.56. The van der Waals surface area contributed by atoms with Crippen LogP contribution in [0.4, 0.5) is 5.82 Å². The van der Waals surface area contributed by atoms with Gasteiger partial charge in [-0.05, 0) is 18.1 Å². The summed E-state index contributed by atoms with van der Waals surface area (Å²) in [7, 11) is 0. The lowest BCUT2D eigenvalue weighted by molar-refractivity contribution is 0.443. The molecule has 0 bridgehead atoms. The summed E-state index contributed by atoms with van der Waals surface area (Å²) < 4.78 is 0. The molecule has 0 atom stereocenters. The molecule has 14 heavy (non-hydrogen) atoms. The van der Waals surface area contributed by atoms with Gasteiger partial charge in [0.1, 0.15) is 5.82 Å². The van der Waals surface area contributed by atoms with Gasteiger partial charge in [-0.3, -0.25) is 0 Å². The van der Waals surface area contributed by atoms with Gasteiger partial charge in [-0.1, -0.05) is 13.5 Å². The maximum absolute atomic E-state index is 5.56. The van der Waals surface area contributed by atoms with E-state index in [2.05, 4.69) is 23.4 Å². The Hall–Kier alpha value is -1.51. The first-order valence-electron chi connectivity index (χ1n) is 4.82. The Labute approximate surface area is 84.2 Å². The number of rotatable bonds is 2. The van der Waals surface area contributed by atoms with Gasteiger partial charge in [0, 0.05) is 30.5 Å². The zero-order valence-corrected chi connectivity index (χ0v) is 8.40. The predicted octanol–water partition coefficient (Wildman–Crippen LogP) is 1.47. The molecule has 3 heteroatoms. The first kappa shape index (κ1) is 9.06. The van der Waals surface area contributed by atoms with E-state index in [1.165, 1.54) is 0 Å². The highest BCUT2D eigenvalue weighted by Gasteiger charge is 2.23. The van der Waals surface area contributed by atoms with E-state index in [4.69, 9.17) is 5.73 Å². The van der Waals surface area contributed by atoms with Crippen molar-refractivity contribution in [3.63, 3.8) is 0 Å². The third-order valence-electron chi connectivity index (χ3n) is 2.51. The molecule has 1 aromatic rings. The smallest absolute Gasteiger partial charge is 0.128 e. The summed E-state index contributed by atoms with van der Waals surface area (Å²) in [5.41, 5.74) is 7.04. The maximum Gasteiger partial charge on any atom is 0.128 e. The number of nitrogens with two attached hydrogens (primary N) is 1. The molecule has 0 spiro atoms. The molecule has 2 rings (SSSR count). The minimum Gasteiger partial charge on any atom is -0.399 e. The molecule has 0 unspecified atom stereocenters. The van der Waals surface area contributed by atoms with Crippen molar-refractivity contribution in [2.45, 2.75) is 6.92 Å². The fourth-order valence-electron chi connectivity index (χ4n) is 1.65. The Morgan fingerprint density at radius 1 is 1.57 bits per heavy atom. The quantitative estimate of drug-likeness (QED) is 0.766. The molecule has 0 amide bonds. The second kappa shape index (κ2) is 3.33. The van der Waals surface area contributed by atoms with E-state index >= 15 is 0 Å². The van der Waals surface area contributed by atoms with E-state index in [0.29, 0.717) is 5.70 Å². The number of hydrogen-bond donors (Lipinski definition) is 1. The Morgan fingerprint density at radius 3 is 2.71 bits per heavy atom. The summed E-state index contributed by atoms with van der Waals surface area (Å²) >= 11 is 0. The van der Waals surface area contributed by atoms with Gasteiger partial charge in [-0.25, -0.2) is 4.98 Å². The lowest BCUT2D eigenvalue weighted by Crippen LogP contribution is -2.45. The molecule has 0 saturated carbocycles. The number of anilines is 1. The molecule has 1 saturated heterocycles. The second-order valence-corrected chi connectivity index (χ2v) is 3.94. The Morgan fingerprint density at radius 2 is 2.29 bits per heavy atom. The highest BCUT2D eigenvalue weighted by atomic mass is 15.2. The molecule has 2 N–H and O–H groups in total. The van der Waals surface area contributed by atoms with Crippen LogP contribution in [0.3, 0.4) is 0 Å². The minimum atomic E-state index is 0.570. The van der Waals surface area contributed by atoms with Crippen LogP contribution in [-0.4, -0.2) is 18.1 Å². The van der Waals surface area contributed by atoms with E-state index < -0.39 is 0 Å². The minimum absolute atomic E-state index is 0.570. The van der Waals surface area contributed by atoms with Gasteiger partial charge in [0.2, 0.25) is 0 Å². The number of hydrogen-bond acceptors (Lipinski definition) is 3. The molecule has 1 aliphatic rings. The van der Waals surface area contributed by atoms with E-state index in [1.54, 1.807) is 6.20 Å². The Bertz CT molecular complexity index is 336. The van der Waals surface area contributed by atoms with Crippen LogP contribution in [0, 0.1) is 5.92 Å². The zero-order valence-electron chi connectivity index (χ0n) is 8.40. The van der Waals surface area contributed by atoms with E-state index in [-0.39, 0.29) is 0 Å². The molecule has 3 nitrogen and oxygen atoms in total. The van der Waals surface area contributed by atoms with Gasteiger partial charge in [-0.15, -0.1) is 0 Å². The summed E-state index contributed by atoms with van der Waals surface area (Å²) in [4.78, 5) is 6.60. The van der Waals surface area contributed by atoms with Crippen LogP contribution in [0.2, 0.25) is 0 Å². The van der Waals surface area contributed by atoms with Crippen LogP contribution in [0.5, 0.6) is 0 Å². The molecule has 1 aliphatic heterocycles. The molecule has 0 aliphatic carbocycles. The van der Waals surface area contributed by atoms with Crippen LogP contribution in [0.25, 0.3) is 5.70 Å². The highest BCUT2D eigenvalue weighted by molar-refractivity contribution is 5.60. The zero-order chi connectivity index (χ0) is 10.1. The first-order chi connectivity index (χ1) is 6.66. The van der Waals surface area contributed by atoms with E-state index in [1.807, 2.05) is 12.1 Å². The molecule has 0 aromatic carbocycles. The summed E-state index contributed by atoms with van der Waals surface area (Å²) in [6.45, 7) is 8.13. The number of pyridine rings is 1. The van der Waals surface area contributed by atoms with Crippen molar-refractivity contribution in [2.75, 3.05) is 18.0 Å². The number of aromatic nitrogens is 1. The standard InChI is InChI=1S/C11H15N3/c1-8-6-14(7-8)11-4-3-10(5-13-11)9(2)12/h3-5,8H,2,6-7,12H2,1H3. The van der Waals surface area contributed by atoms with Gasteiger partial charge in [0.15, 0.2) is 0 Å². The SMILES string of the molecule is C=C(N)c1ccc(N2CC(C)C2)nc1. The summed E-state index contributed by atoms with van der Waals surface area (Å²) in [6.07, 6.45) is 1.78. The van der Waals surface area contributed by atoms with Crippen molar-refractivity contribution < 1.29 is 0 Å². The van der Waals surface area contributed by atoms with Gasteiger partial charge >= 0.3 is 0 Å². The number of nitrogens with zero attached hydrogens (tertiary/aromatic N) is 2. The summed E-state index contributed by atoms with van der Waals surface area (Å²) in [5, 5.41) is 0. The predicted molar refractivity (Wildman–Crippen MR) is 58.8 cm³/mol. The lowest BCUT2D eigenvalue weighted by Gasteiger charge is -2.38. The van der Waals surface area contributed by atoms with E-state index in [0.717, 1.165) is 30.4 Å². The van der Waals surface area contributed by atoms with Gasteiger partial charge in [0.05, 0.1) is 0 Å². The molecule has 1 fully saturated rings. The molecule has 1 aromatic heterocycles. The van der Waals surface area contributed by atoms with Gasteiger partial charge in [0.25, 0.3) is 0 Å². The molecule has 0 radical (unpaired) electrons. The third-order valence-corrected chi connectivity index (χ3v) is 2.51. The van der Waals surface area contributed by atoms with Crippen LogP contribution >= 0.6 is 0 Å². The van der Waals surface area contributed by atoms with Crippen LogP contribution in [-0.2, 0) is 0 Å². The average Bonchev–Trinajstić information content (AvgIpc) is 2.13. The Kier molecular flexibility index (Phi) is 2.15. The average molecular weight is 189 g/mol. The monoisotopic (exact) mass is 189 g/mol. The van der Waals surface area contributed by atoms with Crippen molar-refractivity contribution >= 4 is 11.5 Å². The third kappa shape index (κ3) is 1.58. The van der Waals surface area contributed by atoms with Crippen LogP contribution in [0.1, 0.15) is 12.5 Å².